The zero-order valence-electron chi connectivity index (χ0n) is 8.09. The summed E-state index contributed by atoms with van der Waals surface area (Å²) in [6.45, 7) is 6.22. The maximum Gasteiger partial charge on any atom is 0.155 e. The topological polar surface area (TPSA) is 22.0 Å². The second-order valence-corrected chi connectivity index (χ2v) is 9.04. The molecule has 1 aromatic heterocycles. The maximum absolute atomic E-state index is 11.8. The predicted octanol–water partition coefficient (Wildman–Crippen LogP) is 2.09. The molecule has 12 heavy (non-hydrogen) atoms. The molecule has 0 bridgehead atoms. The molecular formula is C9H15NOSi. The van der Waals surface area contributed by atoms with E-state index in [1.807, 2.05) is 29.9 Å². The highest BCUT2D eigenvalue weighted by Gasteiger charge is 2.26. The van der Waals surface area contributed by atoms with E-state index in [-0.39, 0.29) is 0 Å². The van der Waals surface area contributed by atoms with Crippen LogP contribution in [0.5, 0.6) is 0 Å². The molecule has 0 unspecified atom stereocenters. The molecule has 0 atom stereocenters. The largest absolute Gasteiger partial charge is 0.349 e. The monoisotopic (exact) mass is 181 g/mol. The zero-order chi connectivity index (χ0) is 9.35. The van der Waals surface area contributed by atoms with Crippen LogP contribution in [0.2, 0.25) is 19.6 Å². The van der Waals surface area contributed by atoms with E-state index in [1.165, 1.54) is 0 Å². The lowest BCUT2D eigenvalue weighted by Crippen LogP contribution is -2.34. The Bertz CT molecular complexity index is 296. The van der Waals surface area contributed by atoms with Crippen molar-refractivity contribution in [2.24, 2.45) is 7.05 Å². The Hall–Kier alpha value is -0.833. The van der Waals surface area contributed by atoms with E-state index in [1.54, 1.807) is 0 Å². The van der Waals surface area contributed by atoms with Gasteiger partial charge in [-0.05, 0) is 12.1 Å². The van der Waals surface area contributed by atoms with E-state index in [9.17, 15) is 4.79 Å². The first-order valence-electron chi connectivity index (χ1n) is 4.09. The Labute approximate surface area is 74.2 Å². The van der Waals surface area contributed by atoms with Gasteiger partial charge in [-0.15, -0.1) is 0 Å². The number of hydrogen-bond donors (Lipinski definition) is 0. The number of carbonyl (C=O) groups is 1. The molecule has 2 nitrogen and oxygen atoms in total. The zero-order valence-corrected chi connectivity index (χ0v) is 9.09. The second-order valence-electron chi connectivity index (χ2n) is 4.08. The summed E-state index contributed by atoms with van der Waals surface area (Å²) in [5.74, 6) is 0. The summed E-state index contributed by atoms with van der Waals surface area (Å²) >= 11 is 0. The minimum absolute atomic E-state index is 0.329. The third-order valence-electron chi connectivity index (χ3n) is 1.86. The van der Waals surface area contributed by atoms with Crippen LogP contribution in [0.1, 0.15) is 10.5 Å². The van der Waals surface area contributed by atoms with Gasteiger partial charge in [0, 0.05) is 13.2 Å². The Morgan fingerprint density at radius 2 is 2.00 bits per heavy atom. The lowest BCUT2D eigenvalue weighted by Gasteiger charge is -2.14. The fraction of sp³-hybridized carbons (Fsp3) is 0.444. The molecule has 1 aromatic rings. The van der Waals surface area contributed by atoms with E-state index < -0.39 is 8.07 Å². The van der Waals surface area contributed by atoms with E-state index >= 15 is 0 Å². The number of rotatable bonds is 2. The van der Waals surface area contributed by atoms with Gasteiger partial charge >= 0.3 is 0 Å². The first-order chi connectivity index (χ1) is 5.43. The van der Waals surface area contributed by atoms with Crippen molar-refractivity contribution in [3.63, 3.8) is 0 Å². The number of carbonyl (C=O) groups excluding carboxylic acids is 1. The van der Waals surface area contributed by atoms with Gasteiger partial charge in [0.05, 0.1) is 5.69 Å². The number of aryl methyl sites for hydroxylation is 1. The highest BCUT2D eigenvalue weighted by molar-refractivity contribution is 7.05. The average molecular weight is 181 g/mol. The average Bonchev–Trinajstić information content (AvgIpc) is 2.31. The van der Waals surface area contributed by atoms with Crippen molar-refractivity contribution in [2.45, 2.75) is 19.6 Å². The predicted molar refractivity (Wildman–Crippen MR) is 53.1 cm³/mol. The molecule has 0 aromatic carbocycles. The smallest absolute Gasteiger partial charge is 0.155 e. The van der Waals surface area contributed by atoms with Crippen molar-refractivity contribution in [3.8, 4) is 0 Å². The van der Waals surface area contributed by atoms with Crippen molar-refractivity contribution in [1.82, 2.24) is 4.57 Å². The SMILES string of the molecule is Cn1cccc1C(=O)[Si](C)(C)C. The standard InChI is InChI=1S/C9H15NOSi/c1-10-7-5-6-8(10)9(11)12(2,3)4/h5-7H,1-4H3. The Morgan fingerprint density at radius 3 is 2.33 bits per heavy atom. The van der Waals surface area contributed by atoms with E-state index in [2.05, 4.69) is 19.6 Å². The van der Waals surface area contributed by atoms with Crippen LogP contribution in [-0.2, 0) is 7.05 Å². The van der Waals surface area contributed by atoms with Gasteiger partial charge in [-0.1, -0.05) is 19.6 Å². The van der Waals surface area contributed by atoms with Gasteiger partial charge in [-0.25, -0.2) is 0 Å². The van der Waals surface area contributed by atoms with Gasteiger partial charge in [0.25, 0.3) is 0 Å². The Morgan fingerprint density at radius 1 is 1.42 bits per heavy atom. The van der Waals surface area contributed by atoms with Gasteiger partial charge < -0.3 is 4.57 Å². The first kappa shape index (κ1) is 9.26. The molecule has 0 aliphatic carbocycles. The fourth-order valence-corrected chi connectivity index (χ4v) is 2.11. The molecule has 3 heteroatoms. The summed E-state index contributed by atoms with van der Waals surface area (Å²) in [4.78, 5) is 11.8. The van der Waals surface area contributed by atoms with Gasteiger partial charge in [-0.2, -0.15) is 0 Å². The van der Waals surface area contributed by atoms with Crippen LogP contribution in [0.25, 0.3) is 0 Å². The van der Waals surface area contributed by atoms with Crippen LogP contribution in [0.3, 0.4) is 0 Å². The molecule has 0 radical (unpaired) electrons. The summed E-state index contributed by atoms with van der Waals surface area (Å²) in [5.41, 5.74) is 0.842. The van der Waals surface area contributed by atoms with E-state index in [4.69, 9.17) is 0 Å². The van der Waals surface area contributed by atoms with Crippen LogP contribution in [-0.4, -0.2) is 18.0 Å². The summed E-state index contributed by atoms with van der Waals surface area (Å²) in [6, 6.07) is 3.80. The Kier molecular flexibility index (Phi) is 2.24. The highest BCUT2D eigenvalue weighted by Crippen LogP contribution is 2.11. The van der Waals surface area contributed by atoms with Gasteiger partial charge in [0.15, 0.2) is 5.41 Å². The van der Waals surface area contributed by atoms with Crippen molar-refractivity contribution >= 4 is 13.5 Å². The lowest BCUT2D eigenvalue weighted by atomic mass is 10.5. The number of aromatic nitrogens is 1. The summed E-state index contributed by atoms with van der Waals surface area (Å²) in [7, 11) is 0.254. The quantitative estimate of drug-likeness (QED) is 0.640. The molecule has 66 valence electrons. The van der Waals surface area contributed by atoms with Crippen molar-refractivity contribution in [1.29, 1.82) is 0 Å². The normalized spacial score (nSPS) is 11.7. The van der Waals surface area contributed by atoms with Crippen LogP contribution < -0.4 is 0 Å². The lowest BCUT2D eigenvalue weighted by molar-refractivity contribution is 0.106. The van der Waals surface area contributed by atoms with Crippen molar-refractivity contribution in [3.05, 3.63) is 24.0 Å². The van der Waals surface area contributed by atoms with E-state index in [0.717, 1.165) is 5.69 Å². The van der Waals surface area contributed by atoms with Crippen LogP contribution in [0.4, 0.5) is 0 Å². The molecule has 0 amide bonds. The van der Waals surface area contributed by atoms with Crippen LogP contribution in [0.15, 0.2) is 18.3 Å². The van der Waals surface area contributed by atoms with Crippen molar-refractivity contribution < 1.29 is 4.79 Å². The first-order valence-corrected chi connectivity index (χ1v) is 7.59. The van der Waals surface area contributed by atoms with Gasteiger partial charge in [0.2, 0.25) is 0 Å². The van der Waals surface area contributed by atoms with Gasteiger partial charge in [-0.3, -0.25) is 4.79 Å². The van der Waals surface area contributed by atoms with E-state index in [0.29, 0.717) is 5.41 Å². The molecule has 0 spiro atoms. The molecule has 0 aliphatic rings. The summed E-state index contributed by atoms with van der Waals surface area (Å²) < 4.78 is 1.89. The molecule has 0 aliphatic heterocycles. The maximum atomic E-state index is 11.8. The van der Waals surface area contributed by atoms with Crippen LogP contribution >= 0.6 is 0 Å². The van der Waals surface area contributed by atoms with Crippen LogP contribution in [0, 0.1) is 0 Å². The fourth-order valence-electron chi connectivity index (χ4n) is 1.08. The minimum Gasteiger partial charge on any atom is -0.349 e. The van der Waals surface area contributed by atoms with Gasteiger partial charge in [0.1, 0.15) is 8.07 Å². The second kappa shape index (κ2) is 2.90. The summed E-state index contributed by atoms with van der Waals surface area (Å²) in [5, 5.41) is 0.329. The molecule has 0 saturated carbocycles. The molecule has 1 rings (SSSR count). The third-order valence-corrected chi connectivity index (χ3v) is 3.48. The molecule has 1 heterocycles. The number of nitrogens with zero attached hydrogens (tertiary/aromatic N) is 1. The third kappa shape index (κ3) is 1.66. The molecule has 0 saturated heterocycles. The highest BCUT2D eigenvalue weighted by atomic mass is 28.3. The van der Waals surface area contributed by atoms with Crippen molar-refractivity contribution in [2.75, 3.05) is 0 Å². The Balaban J connectivity index is 3.01. The molecular weight excluding hydrogens is 166 g/mol. The summed E-state index contributed by atoms with van der Waals surface area (Å²) in [6.07, 6.45) is 1.91. The molecule has 0 fully saturated rings. The number of hydrogen-bond acceptors (Lipinski definition) is 1. The minimum atomic E-state index is -1.66. The molecule has 0 N–H and O–H groups in total.